The van der Waals surface area contributed by atoms with Crippen LogP contribution in [0.3, 0.4) is 0 Å². The van der Waals surface area contributed by atoms with Gasteiger partial charge < -0.3 is 14.8 Å². The lowest BCUT2D eigenvalue weighted by Crippen LogP contribution is -2.36. The van der Waals surface area contributed by atoms with Crippen LogP contribution in [-0.4, -0.2) is 25.9 Å². The highest BCUT2D eigenvalue weighted by Gasteiger charge is 2.16. The molecule has 1 aromatic carbocycles. The van der Waals surface area contributed by atoms with Gasteiger partial charge in [-0.1, -0.05) is 15.9 Å². The van der Waals surface area contributed by atoms with Crippen molar-refractivity contribution in [1.82, 2.24) is 5.32 Å². The van der Waals surface area contributed by atoms with Gasteiger partial charge in [-0.25, -0.2) is 0 Å². The molecule has 19 heavy (non-hydrogen) atoms. The number of ether oxygens (including phenoxy) is 2. The second-order valence-corrected chi connectivity index (χ2v) is 5.61. The molecule has 0 bridgehead atoms. The number of halogens is 3. The summed E-state index contributed by atoms with van der Waals surface area (Å²) >= 11 is 3.31. The fourth-order valence-electron chi connectivity index (χ4n) is 1.47. The van der Waals surface area contributed by atoms with Crippen LogP contribution in [0.5, 0.6) is 5.75 Å². The van der Waals surface area contributed by atoms with Gasteiger partial charge in [0.25, 0.3) is 0 Å². The van der Waals surface area contributed by atoms with E-state index in [2.05, 4.69) is 26.0 Å². The molecule has 1 aromatic rings. The zero-order valence-corrected chi connectivity index (χ0v) is 12.8. The summed E-state index contributed by atoms with van der Waals surface area (Å²) in [5, 5.41) is 3.16. The molecule has 0 unspecified atom stereocenters. The highest BCUT2D eigenvalue weighted by molar-refractivity contribution is 9.10. The second-order valence-electron chi connectivity index (χ2n) is 4.70. The minimum absolute atomic E-state index is 0.181. The Labute approximate surface area is 120 Å². The van der Waals surface area contributed by atoms with Gasteiger partial charge in [0.05, 0.1) is 5.60 Å². The molecule has 0 aliphatic carbocycles. The third kappa shape index (κ3) is 5.84. The van der Waals surface area contributed by atoms with Crippen LogP contribution in [-0.2, 0) is 11.3 Å². The fourth-order valence-corrected chi connectivity index (χ4v) is 1.88. The van der Waals surface area contributed by atoms with E-state index in [4.69, 9.17) is 4.74 Å². The number of hydrogen-bond acceptors (Lipinski definition) is 3. The average Bonchev–Trinajstić information content (AvgIpc) is 2.32. The van der Waals surface area contributed by atoms with Gasteiger partial charge in [-0.2, -0.15) is 8.78 Å². The van der Waals surface area contributed by atoms with Crippen LogP contribution in [0.25, 0.3) is 0 Å². The van der Waals surface area contributed by atoms with Gasteiger partial charge in [0.15, 0.2) is 0 Å². The molecule has 0 saturated carbocycles. The first-order chi connectivity index (χ1) is 8.84. The van der Waals surface area contributed by atoms with Gasteiger partial charge in [0, 0.05) is 30.2 Å². The van der Waals surface area contributed by atoms with Crippen LogP contribution in [0.1, 0.15) is 19.4 Å². The van der Waals surface area contributed by atoms with E-state index in [-0.39, 0.29) is 11.4 Å². The Morgan fingerprint density at radius 1 is 1.37 bits per heavy atom. The quantitative estimate of drug-likeness (QED) is 0.825. The summed E-state index contributed by atoms with van der Waals surface area (Å²) in [5.41, 5.74) is 0.358. The third-order valence-electron chi connectivity index (χ3n) is 2.66. The Hall–Kier alpha value is -0.720. The molecule has 0 fully saturated rings. The highest BCUT2D eigenvalue weighted by atomic mass is 79.9. The molecule has 0 aliphatic heterocycles. The maximum absolute atomic E-state index is 12.3. The number of rotatable bonds is 7. The van der Waals surface area contributed by atoms with Crippen molar-refractivity contribution in [2.75, 3.05) is 13.7 Å². The molecule has 0 heterocycles. The Morgan fingerprint density at radius 3 is 2.63 bits per heavy atom. The van der Waals surface area contributed by atoms with E-state index in [1.54, 1.807) is 19.2 Å². The van der Waals surface area contributed by atoms with Crippen molar-refractivity contribution >= 4 is 15.9 Å². The average molecular weight is 338 g/mol. The Morgan fingerprint density at radius 2 is 2.05 bits per heavy atom. The van der Waals surface area contributed by atoms with Crippen LogP contribution in [0.4, 0.5) is 8.78 Å². The lowest BCUT2D eigenvalue weighted by Gasteiger charge is -2.23. The summed E-state index contributed by atoms with van der Waals surface area (Å²) < 4.78 is 35.2. The Kier molecular flexibility index (Phi) is 6.16. The zero-order valence-electron chi connectivity index (χ0n) is 11.2. The van der Waals surface area contributed by atoms with E-state index >= 15 is 0 Å². The van der Waals surface area contributed by atoms with Crippen LogP contribution >= 0.6 is 15.9 Å². The molecule has 0 saturated heterocycles. The summed E-state index contributed by atoms with van der Waals surface area (Å²) in [6.45, 7) is 2.09. The van der Waals surface area contributed by atoms with Crippen molar-refractivity contribution in [3.63, 3.8) is 0 Å². The van der Waals surface area contributed by atoms with Gasteiger partial charge in [-0.05, 0) is 32.0 Å². The maximum atomic E-state index is 12.3. The van der Waals surface area contributed by atoms with Gasteiger partial charge in [-0.3, -0.25) is 0 Å². The second kappa shape index (κ2) is 7.17. The predicted octanol–water partition coefficient (Wildman–Crippen LogP) is 3.57. The summed E-state index contributed by atoms with van der Waals surface area (Å²) in [6, 6.07) is 4.94. The van der Waals surface area contributed by atoms with Crippen LogP contribution < -0.4 is 10.1 Å². The Balaban J connectivity index is 2.68. The van der Waals surface area contributed by atoms with E-state index in [9.17, 15) is 8.78 Å². The molecule has 0 amide bonds. The molecule has 0 aliphatic rings. The first-order valence-corrected chi connectivity index (χ1v) is 6.62. The predicted molar refractivity (Wildman–Crippen MR) is 73.6 cm³/mol. The van der Waals surface area contributed by atoms with Crippen LogP contribution in [0, 0.1) is 0 Å². The monoisotopic (exact) mass is 337 g/mol. The molecular weight excluding hydrogens is 320 g/mol. The third-order valence-corrected chi connectivity index (χ3v) is 3.15. The molecule has 0 spiro atoms. The van der Waals surface area contributed by atoms with E-state index in [0.717, 1.165) is 4.47 Å². The molecule has 108 valence electrons. The molecular formula is C13H18BrF2NO2. The topological polar surface area (TPSA) is 30.5 Å². The first-order valence-electron chi connectivity index (χ1n) is 5.83. The van der Waals surface area contributed by atoms with Crippen molar-refractivity contribution in [2.45, 2.75) is 32.6 Å². The summed E-state index contributed by atoms with van der Waals surface area (Å²) in [5.74, 6) is 0.181. The molecule has 0 atom stereocenters. The lowest BCUT2D eigenvalue weighted by molar-refractivity contribution is -0.0505. The van der Waals surface area contributed by atoms with E-state index < -0.39 is 6.61 Å². The number of methoxy groups -OCH3 is 1. The van der Waals surface area contributed by atoms with E-state index in [1.165, 1.54) is 6.07 Å². The summed E-state index contributed by atoms with van der Waals surface area (Å²) in [6.07, 6.45) is 0. The smallest absolute Gasteiger partial charge is 0.387 e. The number of nitrogens with one attached hydrogen (secondary N) is 1. The molecule has 3 nitrogen and oxygen atoms in total. The summed E-state index contributed by atoms with van der Waals surface area (Å²) in [7, 11) is 1.63. The molecule has 6 heteroatoms. The minimum Gasteiger partial charge on any atom is -0.434 e. The van der Waals surface area contributed by atoms with E-state index in [1.807, 2.05) is 13.8 Å². The minimum atomic E-state index is -2.82. The lowest BCUT2D eigenvalue weighted by atomic mass is 10.1. The van der Waals surface area contributed by atoms with Gasteiger partial charge in [-0.15, -0.1) is 0 Å². The van der Waals surface area contributed by atoms with Crippen LogP contribution in [0.15, 0.2) is 22.7 Å². The SMILES string of the molecule is COC(C)(C)CNCc1cc(Br)ccc1OC(F)F. The van der Waals surface area contributed by atoms with Gasteiger partial charge in [0.2, 0.25) is 0 Å². The normalized spacial score (nSPS) is 11.9. The first kappa shape index (κ1) is 16.3. The largest absolute Gasteiger partial charge is 0.434 e. The molecule has 0 radical (unpaired) electrons. The van der Waals surface area contributed by atoms with Crippen molar-refractivity contribution in [3.05, 3.63) is 28.2 Å². The molecule has 0 aromatic heterocycles. The standard InChI is InChI=1S/C13H18BrF2NO2/c1-13(2,18-3)8-17-7-9-6-10(14)4-5-11(9)19-12(15)16/h4-6,12,17H,7-8H2,1-3H3. The van der Waals surface area contributed by atoms with Crippen molar-refractivity contribution in [2.24, 2.45) is 0 Å². The number of benzene rings is 1. The highest BCUT2D eigenvalue weighted by Crippen LogP contribution is 2.24. The summed E-state index contributed by atoms with van der Waals surface area (Å²) in [4.78, 5) is 0. The van der Waals surface area contributed by atoms with Crippen molar-refractivity contribution < 1.29 is 18.3 Å². The number of hydrogen-bond donors (Lipinski definition) is 1. The maximum Gasteiger partial charge on any atom is 0.387 e. The fraction of sp³-hybridized carbons (Fsp3) is 0.538. The Bertz CT molecular complexity index is 414. The number of alkyl halides is 2. The van der Waals surface area contributed by atoms with Crippen molar-refractivity contribution in [3.8, 4) is 5.75 Å². The van der Waals surface area contributed by atoms with Crippen LogP contribution in [0.2, 0.25) is 0 Å². The molecule has 1 rings (SSSR count). The van der Waals surface area contributed by atoms with Gasteiger partial charge in [0.1, 0.15) is 5.75 Å². The zero-order chi connectivity index (χ0) is 14.5. The van der Waals surface area contributed by atoms with Crippen molar-refractivity contribution in [1.29, 1.82) is 0 Å². The van der Waals surface area contributed by atoms with Gasteiger partial charge >= 0.3 is 6.61 Å². The van der Waals surface area contributed by atoms with E-state index in [0.29, 0.717) is 18.7 Å². The molecule has 1 N–H and O–H groups in total.